The molecule has 6 heteroatoms. The summed E-state index contributed by atoms with van der Waals surface area (Å²) in [6.07, 6.45) is 5.55. The van der Waals surface area contributed by atoms with Gasteiger partial charge in [0.15, 0.2) is 10.9 Å². The Hall–Kier alpha value is -2.47. The topological polar surface area (TPSA) is 68.0 Å². The number of thiazole rings is 1. The second-order valence-corrected chi connectivity index (χ2v) is 6.56. The van der Waals surface area contributed by atoms with Crippen molar-refractivity contribution in [3.63, 3.8) is 0 Å². The molecule has 3 heterocycles. The van der Waals surface area contributed by atoms with Gasteiger partial charge in [0.1, 0.15) is 5.69 Å². The molecule has 3 aromatic rings. The number of hydrogen-bond acceptors (Lipinski definition) is 5. The first-order valence-corrected chi connectivity index (χ1v) is 8.20. The highest BCUT2D eigenvalue weighted by molar-refractivity contribution is 7.19. The van der Waals surface area contributed by atoms with Crippen molar-refractivity contribution in [2.24, 2.45) is 5.92 Å². The van der Waals surface area contributed by atoms with Crippen LogP contribution in [-0.2, 0) is 4.79 Å². The fourth-order valence-corrected chi connectivity index (χ4v) is 3.19. The van der Waals surface area contributed by atoms with Gasteiger partial charge in [-0.1, -0.05) is 25.2 Å². The van der Waals surface area contributed by atoms with Gasteiger partial charge in [-0.2, -0.15) is 0 Å². The maximum atomic E-state index is 12.0. The zero-order chi connectivity index (χ0) is 16.2. The third-order valence-electron chi connectivity index (χ3n) is 3.16. The van der Waals surface area contributed by atoms with E-state index in [1.807, 2.05) is 38.1 Å². The van der Waals surface area contributed by atoms with E-state index in [1.165, 1.54) is 11.3 Å². The van der Waals surface area contributed by atoms with E-state index in [-0.39, 0.29) is 5.91 Å². The van der Waals surface area contributed by atoms with E-state index in [4.69, 9.17) is 4.42 Å². The van der Waals surface area contributed by atoms with E-state index in [0.29, 0.717) is 23.2 Å². The number of carbonyl (C=O) groups excluding carboxylic acids is 1. The van der Waals surface area contributed by atoms with Crippen LogP contribution in [0.25, 0.3) is 21.9 Å². The minimum atomic E-state index is -0.0268. The van der Waals surface area contributed by atoms with Gasteiger partial charge in [0, 0.05) is 18.8 Å². The molecule has 0 saturated carbocycles. The summed E-state index contributed by atoms with van der Waals surface area (Å²) in [5.41, 5.74) is 1.72. The summed E-state index contributed by atoms with van der Waals surface area (Å²) in [5, 5.41) is 3.45. The molecule has 0 aliphatic rings. The van der Waals surface area contributed by atoms with Gasteiger partial charge in [-0.3, -0.25) is 9.78 Å². The summed E-state index contributed by atoms with van der Waals surface area (Å²) < 4.78 is 5.48. The Bertz CT molecular complexity index is 780. The summed E-state index contributed by atoms with van der Waals surface area (Å²) in [4.78, 5) is 21.5. The number of aromatic nitrogens is 2. The fraction of sp³-hybridized carbons (Fsp3) is 0.235. The molecule has 0 spiro atoms. The number of hydrogen-bond donors (Lipinski definition) is 1. The maximum Gasteiger partial charge on any atom is 0.226 e. The summed E-state index contributed by atoms with van der Waals surface area (Å²) in [6.45, 7) is 4.02. The van der Waals surface area contributed by atoms with Gasteiger partial charge in [-0.05, 0) is 35.7 Å². The van der Waals surface area contributed by atoms with E-state index >= 15 is 0 Å². The second-order valence-electron chi connectivity index (χ2n) is 5.56. The van der Waals surface area contributed by atoms with E-state index in [2.05, 4.69) is 15.3 Å². The SMILES string of the molecule is CC(C)CC(=O)Nc1nc(-c2ccco2)c(-c2ccncc2)s1. The number of nitrogens with zero attached hydrogens (tertiary/aromatic N) is 2. The molecule has 23 heavy (non-hydrogen) atoms. The Labute approximate surface area is 138 Å². The monoisotopic (exact) mass is 327 g/mol. The van der Waals surface area contributed by atoms with Gasteiger partial charge >= 0.3 is 0 Å². The molecule has 0 aromatic carbocycles. The van der Waals surface area contributed by atoms with Crippen molar-refractivity contribution in [2.45, 2.75) is 20.3 Å². The van der Waals surface area contributed by atoms with Crippen molar-refractivity contribution < 1.29 is 9.21 Å². The van der Waals surface area contributed by atoms with Crippen molar-refractivity contribution in [2.75, 3.05) is 5.32 Å². The highest BCUT2D eigenvalue weighted by Gasteiger charge is 2.18. The molecule has 3 aromatic heterocycles. The molecule has 0 aliphatic heterocycles. The lowest BCUT2D eigenvalue weighted by Gasteiger charge is -2.03. The smallest absolute Gasteiger partial charge is 0.226 e. The number of carbonyl (C=O) groups is 1. The van der Waals surface area contributed by atoms with Crippen LogP contribution in [0.1, 0.15) is 20.3 Å². The zero-order valence-corrected chi connectivity index (χ0v) is 13.8. The molecule has 0 fully saturated rings. The molecule has 0 aliphatic carbocycles. The van der Waals surface area contributed by atoms with Crippen molar-refractivity contribution in [1.29, 1.82) is 0 Å². The lowest BCUT2D eigenvalue weighted by molar-refractivity contribution is -0.116. The van der Waals surface area contributed by atoms with Crippen molar-refractivity contribution in [3.05, 3.63) is 42.9 Å². The quantitative estimate of drug-likeness (QED) is 0.751. The average Bonchev–Trinajstić information content (AvgIpc) is 3.16. The largest absolute Gasteiger partial charge is 0.463 e. The third kappa shape index (κ3) is 3.65. The average molecular weight is 327 g/mol. The lowest BCUT2D eigenvalue weighted by atomic mass is 10.1. The van der Waals surface area contributed by atoms with Gasteiger partial charge in [-0.25, -0.2) is 4.98 Å². The van der Waals surface area contributed by atoms with E-state index in [9.17, 15) is 4.79 Å². The Balaban J connectivity index is 1.96. The molecule has 0 radical (unpaired) electrons. The molecule has 1 N–H and O–H groups in total. The van der Waals surface area contributed by atoms with Gasteiger partial charge in [0.05, 0.1) is 11.1 Å². The Morgan fingerprint density at radius 2 is 2.09 bits per heavy atom. The van der Waals surface area contributed by atoms with Crippen LogP contribution in [0, 0.1) is 5.92 Å². The Morgan fingerprint density at radius 1 is 1.30 bits per heavy atom. The molecule has 1 amide bonds. The molecule has 0 saturated heterocycles. The molecule has 118 valence electrons. The van der Waals surface area contributed by atoms with E-state index in [0.717, 1.165) is 16.1 Å². The summed E-state index contributed by atoms with van der Waals surface area (Å²) in [5.74, 6) is 0.956. The first-order chi connectivity index (χ1) is 11.1. The lowest BCUT2D eigenvalue weighted by Crippen LogP contribution is -2.13. The van der Waals surface area contributed by atoms with Gasteiger partial charge in [-0.15, -0.1) is 0 Å². The highest BCUT2D eigenvalue weighted by atomic mass is 32.1. The molecule has 5 nitrogen and oxygen atoms in total. The number of rotatable bonds is 5. The van der Waals surface area contributed by atoms with Crippen LogP contribution in [0.15, 0.2) is 47.3 Å². The number of pyridine rings is 1. The van der Waals surface area contributed by atoms with E-state index < -0.39 is 0 Å². The summed E-state index contributed by atoms with van der Waals surface area (Å²) in [6, 6.07) is 7.51. The summed E-state index contributed by atoms with van der Waals surface area (Å²) in [7, 11) is 0. The first kappa shape index (κ1) is 15.4. The van der Waals surface area contributed by atoms with Crippen molar-refractivity contribution in [3.8, 4) is 21.9 Å². The highest BCUT2D eigenvalue weighted by Crippen LogP contribution is 2.39. The normalized spacial score (nSPS) is 10.9. The Kier molecular flexibility index (Phi) is 4.52. The van der Waals surface area contributed by atoms with Crippen molar-refractivity contribution >= 4 is 22.4 Å². The summed E-state index contributed by atoms with van der Waals surface area (Å²) >= 11 is 1.44. The van der Waals surface area contributed by atoms with Crippen molar-refractivity contribution in [1.82, 2.24) is 9.97 Å². The van der Waals surface area contributed by atoms with Gasteiger partial charge in [0.2, 0.25) is 5.91 Å². The number of furan rings is 1. The van der Waals surface area contributed by atoms with Crippen LogP contribution >= 0.6 is 11.3 Å². The molecule has 0 bridgehead atoms. The van der Waals surface area contributed by atoms with Crippen LogP contribution < -0.4 is 5.32 Å². The van der Waals surface area contributed by atoms with Gasteiger partial charge in [0.25, 0.3) is 0 Å². The molecule has 3 rings (SSSR count). The minimum Gasteiger partial charge on any atom is -0.463 e. The molecular weight excluding hydrogens is 310 g/mol. The zero-order valence-electron chi connectivity index (χ0n) is 12.9. The number of anilines is 1. The van der Waals surface area contributed by atoms with Crippen LogP contribution in [0.3, 0.4) is 0 Å². The Morgan fingerprint density at radius 3 is 2.74 bits per heavy atom. The minimum absolute atomic E-state index is 0.0268. The fourth-order valence-electron chi connectivity index (χ4n) is 2.19. The van der Waals surface area contributed by atoms with E-state index in [1.54, 1.807) is 18.7 Å². The predicted molar refractivity (Wildman–Crippen MR) is 91.1 cm³/mol. The molecular formula is C17H17N3O2S. The van der Waals surface area contributed by atoms with Gasteiger partial charge < -0.3 is 9.73 Å². The van der Waals surface area contributed by atoms with Crippen LogP contribution in [0.4, 0.5) is 5.13 Å². The standard InChI is InChI=1S/C17H17N3O2S/c1-11(2)10-14(21)19-17-20-15(13-4-3-9-22-13)16(23-17)12-5-7-18-8-6-12/h3-9,11H,10H2,1-2H3,(H,19,20,21). The third-order valence-corrected chi connectivity index (χ3v) is 4.18. The number of nitrogens with one attached hydrogen (secondary N) is 1. The predicted octanol–water partition coefficient (Wildman–Crippen LogP) is 4.45. The van der Waals surface area contributed by atoms with Crippen LogP contribution in [0.5, 0.6) is 0 Å². The molecule has 0 atom stereocenters. The van der Waals surface area contributed by atoms with Crippen LogP contribution in [0.2, 0.25) is 0 Å². The van der Waals surface area contributed by atoms with Crippen LogP contribution in [-0.4, -0.2) is 15.9 Å². The number of amides is 1. The first-order valence-electron chi connectivity index (χ1n) is 7.38. The molecule has 0 unspecified atom stereocenters. The second kappa shape index (κ2) is 6.75. The maximum absolute atomic E-state index is 12.0.